The monoisotopic (exact) mass is 438 g/mol. The Morgan fingerprint density at radius 2 is 1.53 bits per heavy atom. The fourth-order valence-electron chi connectivity index (χ4n) is 4.08. The van der Waals surface area contributed by atoms with E-state index in [2.05, 4.69) is 65.1 Å². The molecule has 2 amide bonds. The van der Waals surface area contributed by atoms with Gasteiger partial charge >= 0.3 is 6.03 Å². The van der Waals surface area contributed by atoms with Gasteiger partial charge in [0.15, 0.2) is 0 Å². The van der Waals surface area contributed by atoms with Gasteiger partial charge in [0.1, 0.15) is 5.75 Å². The lowest BCUT2D eigenvalue weighted by Gasteiger charge is -2.28. The molecule has 2 aromatic rings. The number of para-hydroxylation sites is 1. The van der Waals surface area contributed by atoms with E-state index in [9.17, 15) is 9.90 Å². The van der Waals surface area contributed by atoms with Crippen molar-refractivity contribution in [2.45, 2.75) is 65.2 Å². The summed E-state index contributed by atoms with van der Waals surface area (Å²) in [6, 6.07) is 12.2. The highest BCUT2D eigenvalue weighted by Gasteiger charge is 2.26. The summed E-state index contributed by atoms with van der Waals surface area (Å²) >= 11 is 0. The molecule has 1 aliphatic heterocycles. The molecular weight excluding hydrogens is 400 g/mol. The number of carbonyl (C=O) groups excluding carboxylic acids is 1. The molecule has 0 atom stereocenters. The number of urea groups is 1. The summed E-state index contributed by atoms with van der Waals surface area (Å²) in [4.78, 5) is 14.5. The van der Waals surface area contributed by atoms with Gasteiger partial charge in [-0.15, -0.1) is 0 Å². The Balaban J connectivity index is 1.82. The molecule has 0 radical (unpaired) electrons. The maximum Gasteiger partial charge on any atom is 0.322 e. The van der Waals surface area contributed by atoms with Crippen LogP contribution in [0.4, 0.5) is 10.5 Å². The summed E-state index contributed by atoms with van der Waals surface area (Å²) in [6.45, 7) is 15.2. The van der Waals surface area contributed by atoms with Gasteiger partial charge in [0.25, 0.3) is 0 Å². The number of hydrogen-bond acceptors (Lipinski definition) is 3. The van der Waals surface area contributed by atoms with Crippen molar-refractivity contribution in [1.29, 1.82) is 0 Å². The number of nitrogens with one attached hydrogen (secondary N) is 1. The quantitative estimate of drug-likeness (QED) is 0.650. The zero-order chi connectivity index (χ0) is 23.5. The standard InChI is InChI=1S/C27H38N2O3/c1-26(2,3)21-17-19(18-22(24(21)30)27(4,5)6)11-12-20-9-7-8-10-23(20)28-25(31)29-13-15-32-16-14-29/h7-10,17-18,30H,11-16H2,1-6H3,(H,28,31). The van der Waals surface area contributed by atoms with Crippen molar-refractivity contribution in [2.24, 2.45) is 0 Å². The Kier molecular flexibility index (Phi) is 7.19. The van der Waals surface area contributed by atoms with E-state index in [1.807, 2.05) is 18.2 Å². The van der Waals surface area contributed by atoms with Gasteiger partial charge in [-0.25, -0.2) is 4.79 Å². The minimum absolute atomic E-state index is 0.0737. The fourth-order valence-corrected chi connectivity index (χ4v) is 4.08. The SMILES string of the molecule is CC(C)(C)c1cc(CCc2ccccc2NC(=O)N2CCOCC2)cc(C(C)(C)C)c1O. The van der Waals surface area contributed by atoms with Crippen LogP contribution in [0.1, 0.15) is 63.8 Å². The molecule has 0 aliphatic carbocycles. The Hall–Kier alpha value is -2.53. The van der Waals surface area contributed by atoms with E-state index in [0.29, 0.717) is 32.1 Å². The highest BCUT2D eigenvalue weighted by molar-refractivity contribution is 5.90. The second kappa shape index (κ2) is 9.53. The van der Waals surface area contributed by atoms with Crippen LogP contribution in [0.25, 0.3) is 0 Å². The van der Waals surface area contributed by atoms with Crippen molar-refractivity contribution < 1.29 is 14.6 Å². The molecule has 5 heteroatoms. The molecule has 0 spiro atoms. The summed E-state index contributed by atoms with van der Waals surface area (Å²) in [5.74, 6) is 0.409. The van der Waals surface area contributed by atoms with Crippen LogP contribution >= 0.6 is 0 Å². The normalized spacial score (nSPS) is 15.0. The van der Waals surface area contributed by atoms with Gasteiger partial charge in [-0.05, 0) is 52.0 Å². The fraction of sp³-hybridized carbons (Fsp3) is 0.519. The number of carbonyl (C=O) groups is 1. The molecule has 1 saturated heterocycles. The number of rotatable bonds is 4. The van der Waals surface area contributed by atoms with Crippen LogP contribution in [0, 0.1) is 0 Å². The van der Waals surface area contributed by atoms with E-state index in [4.69, 9.17) is 4.74 Å². The lowest BCUT2D eigenvalue weighted by Crippen LogP contribution is -2.43. The highest BCUT2D eigenvalue weighted by Crippen LogP contribution is 2.40. The number of morpholine rings is 1. The largest absolute Gasteiger partial charge is 0.507 e. The molecule has 0 unspecified atom stereocenters. The number of benzene rings is 2. The van der Waals surface area contributed by atoms with Crippen LogP contribution < -0.4 is 5.32 Å². The topological polar surface area (TPSA) is 61.8 Å². The molecule has 0 bridgehead atoms. The third-order valence-electron chi connectivity index (χ3n) is 6.03. The second-order valence-corrected chi connectivity index (χ2v) is 10.7. The molecule has 174 valence electrons. The highest BCUT2D eigenvalue weighted by atomic mass is 16.5. The van der Waals surface area contributed by atoms with Crippen molar-refractivity contribution in [2.75, 3.05) is 31.6 Å². The number of phenols is 1. The molecule has 1 aliphatic rings. The predicted molar refractivity (Wildman–Crippen MR) is 131 cm³/mol. The van der Waals surface area contributed by atoms with Crippen LogP contribution in [0.2, 0.25) is 0 Å². The number of aromatic hydroxyl groups is 1. The first-order chi connectivity index (χ1) is 15.0. The van der Waals surface area contributed by atoms with E-state index in [1.54, 1.807) is 4.90 Å². The van der Waals surface area contributed by atoms with Gasteiger partial charge < -0.3 is 20.1 Å². The molecule has 32 heavy (non-hydrogen) atoms. The number of phenolic OH excluding ortho intramolecular Hbond substituents is 1. The predicted octanol–water partition coefficient (Wildman–Crippen LogP) is 5.64. The smallest absolute Gasteiger partial charge is 0.322 e. The van der Waals surface area contributed by atoms with Gasteiger partial charge in [-0.2, -0.15) is 0 Å². The molecule has 1 heterocycles. The summed E-state index contributed by atoms with van der Waals surface area (Å²) in [7, 11) is 0. The van der Waals surface area contributed by atoms with E-state index >= 15 is 0 Å². The number of amides is 2. The summed E-state index contributed by atoms with van der Waals surface area (Å²) in [6.07, 6.45) is 1.63. The third-order valence-corrected chi connectivity index (χ3v) is 6.03. The molecule has 0 aromatic heterocycles. The number of ether oxygens (including phenoxy) is 1. The van der Waals surface area contributed by atoms with Gasteiger partial charge in [0, 0.05) is 18.8 Å². The molecule has 0 saturated carbocycles. The van der Waals surface area contributed by atoms with Crippen LogP contribution in [0.5, 0.6) is 5.75 Å². The first kappa shape index (κ1) is 24.1. The van der Waals surface area contributed by atoms with E-state index in [0.717, 1.165) is 35.2 Å². The Morgan fingerprint density at radius 1 is 0.969 bits per heavy atom. The molecular formula is C27H38N2O3. The minimum atomic E-state index is -0.149. The van der Waals surface area contributed by atoms with Crippen molar-refractivity contribution in [3.8, 4) is 5.75 Å². The lowest BCUT2D eigenvalue weighted by atomic mass is 9.78. The van der Waals surface area contributed by atoms with Crippen LogP contribution in [-0.2, 0) is 28.4 Å². The average molecular weight is 439 g/mol. The lowest BCUT2D eigenvalue weighted by molar-refractivity contribution is 0.0564. The van der Waals surface area contributed by atoms with E-state index in [1.165, 1.54) is 5.56 Å². The molecule has 2 N–H and O–H groups in total. The maximum absolute atomic E-state index is 12.7. The summed E-state index contributed by atoms with van der Waals surface area (Å²) in [5.41, 5.74) is 4.83. The van der Waals surface area contributed by atoms with Crippen molar-refractivity contribution in [3.05, 3.63) is 58.7 Å². The van der Waals surface area contributed by atoms with Gasteiger partial charge in [0.05, 0.1) is 13.2 Å². The average Bonchev–Trinajstić information content (AvgIpc) is 2.72. The number of anilines is 1. The molecule has 5 nitrogen and oxygen atoms in total. The number of nitrogens with zero attached hydrogens (tertiary/aromatic N) is 1. The van der Waals surface area contributed by atoms with E-state index in [-0.39, 0.29) is 16.9 Å². The first-order valence-electron chi connectivity index (χ1n) is 11.6. The minimum Gasteiger partial charge on any atom is -0.507 e. The second-order valence-electron chi connectivity index (χ2n) is 10.7. The van der Waals surface area contributed by atoms with E-state index < -0.39 is 0 Å². The Labute approximate surface area is 192 Å². The first-order valence-corrected chi connectivity index (χ1v) is 11.6. The Bertz CT molecular complexity index is 913. The van der Waals surface area contributed by atoms with Crippen molar-refractivity contribution >= 4 is 11.7 Å². The van der Waals surface area contributed by atoms with Gasteiger partial charge in [-0.1, -0.05) is 71.9 Å². The van der Waals surface area contributed by atoms with Crippen molar-refractivity contribution in [3.63, 3.8) is 0 Å². The zero-order valence-electron chi connectivity index (χ0n) is 20.4. The number of hydrogen-bond donors (Lipinski definition) is 2. The van der Waals surface area contributed by atoms with Gasteiger partial charge in [-0.3, -0.25) is 0 Å². The molecule has 2 aromatic carbocycles. The third kappa shape index (κ3) is 5.83. The summed E-state index contributed by atoms with van der Waals surface area (Å²) in [5, 5.41) is 14.1. The zero-order valence-corrected chi connectivity index (χ0v) is 20.4. The maximum atomic E-state index is 12.7. The summed E-state index contributed by atoms with van der Waals surface area (Å²) < 4.78 is 5.35. The van der Waals surface area contributed by atoms with Crippen molar-refractivity contribution in [1.82, 2.24) is 4.90 Å². The molecule has 3 rings (SSSR count). The van der Waals surface area contributed by atoms with Crippen LogP contribution in [0.15, 0.2) is 36.4 Å². The number of aryl methyl sites for hydroxylation is 2. The Morgan fingerprint density at radius 3 is 2.09 bits per heavy atom. The van der Waals surface area contributed by atoms with Crippen LogP contribution in [-0.4, -0.2) is 42.3 Å². The van der Waals surface area contributed by atoms with Crippen LogP contribution in [0.3, 0.4) is 0 Å². The van der Waals surface area contributed by atoms with Gasteiger partial charge in [0.2, 0.25) is 0 Å². The molecule has 1 fully saturated rings.